The molecule has 0 aromatic rings. The molecule has 10 heavy (non-hydrogen) atoms. The fourth-order valence-electron chi connectivity index (χ4n) is 0.143. The molecule has 0 atom stereocenters. The maximum Gasteiger partial charge on any atom is 0.327 e. The van der Waals surface area contributed by atoms with E-state index in [-0.39, 0.29) is 5.76 Å². The Bertz CT molecular complexity index is 132. The lowest BCUT2D eigenvalue weighted by atomic mass is 10.5. The summed E-state index contributed by atoms with van der Waals surface area (Å²) in [5.74, 6) is -0.725. The van der Waals surface area contributed by atoms with Gasteiger partial charge in [-0.25, -0.2) is 4.79 Å². The zero-order valence-electron chi connectivity index (χ0n) is 6.16. The standard InChI is InChI=1S/C4H6O2.C3H6O/c1-2-3-4(5)6;1-3(2)4/h2-3H,1H3,(H,5,6);4H,1H2,2H3. The molecule has 0 fully saturated rings. The lowest BCUT2D eigenvalue weighted by Crippen LogP contribution is -1.83. The molecule has 2 N–H and O–H groups in total. The number of hydrogen-bond acceptors (Lipinski definition) is 2. The highest BCUT2D eigenvalue weighted by molar-refractivity contribution is 5.79. The summed E-state index contributed by atoms with van der Waals surface area (Å²) >= 11 is 0. The third-order valence-electron chi connectivity index (χ3n) is 0.309. The second-order valence-corrected chi connectivity index (χ2v) is 1.57. The van der Waals surface area contributed by atoms with Gasteiger partial charge in [0.25, 0.3) is 0 Å². The first-order valence-electron chi connectivity index (χ1n) is 2.70. The Morgan fingerprint density at radius 2 is 1.80 bits per heavy atom. The summed E-state index contributed by atoms with van der Waals surface area (Å²) in [5.41, 5.74) is 0. The average molecular weight is 144 g/mol. The predicted octanol–water partition coefficient (Wildman–Crippen LogP) is 1.73. The van der Waals surface area contributed by atoms with Crippen molar-refractivity contribution in [2.75, 3.05) is 0 Å². The quantitative estimate of drug-likeness (QED) is 0.435. The maximum atomic E-state index is 9.51. The van der Waals surface area contributed by atoms with Crippen LogP contribution in [0.25, 0.3) is 0 Å². The molecule has 0 unspecified atom stereocenters. The molecule has 0 saturated heterocycles. The van der Waals surface area contributed by atoms with E-state index < -0.39 is 5.97 Å². The molecule has 0 aliphatic carbocycles. The Labute approximate surface area is 60.3 Å². The summed E-state index contributed by atoms with van der Waals surface area (Å²) in [6, 6.07) is 0. The van der Waals surface area contributed by atoms with Crippen molar-refractivity contribution in [3.8, 4) is 0 Å². The third-order valence-corrected chi connectivity index (χ3v) is 0.309. The molecular weight excluding hydrogens is 132 g/mol. The highest BCUT2D eigenvalue weighted by Crippen LogP contribution is 1.66. The maximum absolute atomic E-state index is 9.51. The molecule has 3 heteroatoms. The van der Waals surface area contributed by atoms with Crippen LogP contribution < -0.4 is 0 Å². The molecule has 0 rings (SSSR count). The number of aliphatic hydroxyl groups is 1. The van der Waals surface area contributed by atoms with Gasteiger partial charge in [0.05, 0.1) is 5.76 Å². The Balaban J connectivity index is 0. The van der Waals surface area contributed by atoms with Gasteiger partial charge in [0, 0.05) is 6.08 Å². The summed E-state index contributed by atoms with van der Waals surface area (Å²) in [5, 5.41) is 15.7. The lowest BCUT2D eigenvalue weighted by Gasteiger charge is -1.68. The van der Waals surface area contributed by atoms with Crippen LogP contribution >= 0.6 is 0 Å². The molecule has 0 bridgehead atoms. The Morgan fingerprint density at radius 1 is 1.50 bits per heavy atom. The van der Waals surface area contributed by atoms with Crippen LogP contribution in [-0.4, -0.2) is 16.2 Å². The van der Waals surface area contributed by atoms with Gasteiger partial charge in [-0.15, -0.1) is 0 Å². The number of aliphatic hydroxyl groups excluding tert-OH is 1. The molecule has 0 spiro atoms. The topological polar surface area (TPSA) is 57.5 Å². The van der Waals surface area contributed by atoms with E-state index >= 15 is 0 Å². The van der Waals surface area contributed by atoms with Crippen molar-refractivity contribution >= 4 is 5.97 Å². The van der Waals surface area contributed by atoms with E-state index in [4.69, 9.17) is 10.2 Å². The van der Waals surface area contributed by atoms with Crippen molar-refractivity contribution in [2.45, 2.75) is 13.8 Å². The monoisotopic (exact) mass is 144 g/mol. The molecule has 0 aromatic heterocycles. The van der Waals surface area contributed by atoms with Crippen LogP contribution in [0.4, 0.5) is 0 Å². The minimum absolute atomic E-state index is 0.167. The van der Waals surface area contributed by atoms with E-state index in [9.17, 15) is 4.79 Å². The van der Waals surface area contributed by atoms with Gasteiger partial charge in [0.2, 0.25) is 0 Å². The lowest BCUT2D eigenvalue weighted by molar-refractivity contribution is -0.131. The molecule has 0 heterocycles. The first kappa shape index (κ1) is 11.5. The fraction of sp³-hybridized carbons (Fsp3) is 0.286. The van der Waals surface area contributed by atoms with Crippen molar-refractivity contribution in [1.82, 2.24) is 0 Å². The first-order valence-corrected chi connectivity index (χ1v) is 2.70. The SMILES string of the molecule is C=C(C)O.CC=CC(=O)O. The van der Waals surface area contributed by atoms with Gasteiger partial charge < -0.3 is 10.2 Å². The van der Waals surface area contributed by atoms with Gasteiger partial charge in [0.15, 0.2) is 0 Å². The average Bonchev–Trinajstić information content (AvgIpc) is 1.62. The predicted molar refractivity (Wildman–Crippen MR) is 39.9 cm³/mol. The van der Waals surface area contributed by atoms with Crippen LogP contribution in [0.2, 0.25) is 0 Å². The molecule has 0 saturated carbocycles. The number of carboxylic acid groups (broad SMARTS) is 1. The van der Waals surface area contributed by atoms with Gasteiger partial charge >= 0.3 is 5.97 Å². The number of carboxylic acids is 1. The highest BCUT2D eigenvalue weighted by atomic mass is 16.4. The van der Waals surface area contributed by atoms with Crippen LogP contribution in [0.15, 0.2) is 24.5 Å². The number of hydrogen-bond donors (Lipinski definition) is 2. The van der Waals surface area contributed by atoms with Crippen molar-refractivity contribution in [3.05, 3.63) is 24.5 Å². The van der Waals surface area contributed by atoms with E-state index in [0.29, 0.717) is 0 Å². The van der Waals surface area contributed by atoms with Crippen molar-refractivity contribution in [2.24, 2.45) is 0 Å². The Kier molecular flexibility index (Phi) is 8.94. The number of rotatable bonds is 1. The summed E-state index contributed by atoms with van der Waals surface area (Å²) in [6.45, 7) is 6.30. The molecule has 0 aliphatic heterocycles. The number of carbonyl (C=O) groups is 1. The second-order valence-electron chi connectivity index (χ2n) is 1.57. The molecule has 0 aliphatic rings. The highest BCUT2D eigenvalue weighted by Gasteiger charge is 1.76. The minimum atomic E-state index is -0.891. The second kappa shape index (κ2) is 7.75. The molecular formula is C7H12O3. The molecule has 0 amide bonds. The van der Waals surface area contributed by atoms with Gasteiger partial charge in [-0.1, -0.05) is 12.7 Å². The van der Waals surface area contributed by atoms with Crippen molar-refractivity contribution < 1.29 is 15.0 Å². The summed E-state index contributed by atoms with van der Waals surface area (Å²) in [7, 11) is 0. The summed E-state index contributed by atoms with van der Waals surface area (Å²) in [4.78, 5) is 9.51. The Morgan fingerprint density at radius 3 is 1.80 bits per heavy atom. The van der Waals surface area contributed by atoms with Gasteiger partial charge in [-0.3, -0.25) is 0 Å². The smallest absolute Gasteiger partial charge is 0.327 e. The van der Waals surface area contributed by atoms with Gasteiger partial charge in [0.1, 0.15) is 0 Å². The van der Waals surface area contributed by atoms with Crippen LogP contribution in [0.5, 0.6) is 0 Å². The van der Waals surface area contributed by atoms with E-state index in [1.807, 2.05) is 0 Å². The van der Waals surface area contributed by atoms with E-state index in [0.717, 1.165) is 6.08 Å². The third kappa shape index (κ3) is 72.9. The van der Waals surface area contributed by atoms with Crippen molar-refractivity contribution in [1.29, 1.82) is 0 Å². The first-order chi connectivity index (χ1) is 4.50. The van der Waals surface area contributed by atoms with Gasteiger partial charge in [-0.2, -0.15) is 0 Å². The molecule has 0 aromatic carbocycles. The van der Waals surface area contributed by atoms with E-state index in [1.54, 1.807) is 6.92 Å². The molecule has 3 nitrogen and oxygen atoms in total. The summed E-state index contributed by atoms with van der Waals surface area (Å²) < 4.78 is 0. The zero-order valence-corrected chi connectivity index (χ0v) is 6.16. The van der Waals surface area contributed by atoms with Crippen molar-refractivity contribution in [3.63, 3.8) is 0 Å². The zero-order chi connectivity index (χ0) is 8.57. The molecule has 0 radical (unpaired) electrons. The van der Waals surface area contributed by atoms with Crippen LogP contribution in [0.1, 0.15) is 13.8 Å². The summed E-state index contributed by atoms with van der Waals surface area (Å²) in [6.07, 6.45) is 2.56. The van der Waals surface area contributed by atoms with Crippen LogP contribution in [0.3, 0.4) is 0 Å². The fourth-order valence-corrected chi connectivity index (χ4v) is 0.143. The molecule has 58 valence electrons. The number of allylic oxidation sites excluding steroid dienone is 2. The van der Waals surface area contributed by atoms with Gasteiger partial charge in [-0.05, 0) is 13.8 Å². The van der Waals surface area contributed by atoms with E-state index in [1.165, 1.54) is 13.0 Å². The number of aliphatic carboxylic acids is 1. The van der Waals surface area contributed by atoms with Crippen LogP contribution in [-0.2, 0) is 4.79 Å². The van der Waals surface area contributed by atoms with Crippen LogP contribution in [0, 0.1) is 0 Å². The van der Waals surface area contributed by atoms with E-state index in [2.05, 4.69) is 6.58 Å². The largest absolute Gasteiger partial charge is 0.513 e. The Hall–Kier alpha value is -1.25. The minimum Gasteiger partial charge on any atom is -0.513 e. The normalized spacial score (nSPS) is 8.20.